The summed E-state index contributed by atoms with van der Waals surface area (Å²) < 4.78 is 26.4. The molecule has 0 amide bonds. The van der Waals surface area contributed by atoms with Gasteiger partial charge in [0.25, 0.3) is 0 Å². The van der Waals surface area contributed by atoms with Gasteiger partial charge in [-0.15, -0.1) is 0 Å². The predicted molar refractivity (Wildman–Crippen MR) is 210 cm³/mol. The first kappa shape index (κ1) is 36.9. The molecule has 1 heterocycles. The van der Waals surface area contributed by atoms with Gasteiger partial charge < -0.3 is 23.5 Å². The Morgan fingerprint density at radius 3 is 1.90 bits per heavy atom. The number of rotatable bonds is 16. The van der Waals surface area contributed by atoms with E-state index in [1.54, 1.807) is 0 Å². The molecule has 50 heavy (non-hydrogen) atoms. The van der Waals surface area contributed by atoms with Crippen LogP contribution in [0.25, 0.3) is 22.3 Å². The summed E-state index contributed by atoms with van der Waals surface area (Å²) in [4.78, 5) is 13.8. The fourth-order valence-electron chi connectivity index (χ4n) is 5.73. The first-order valence-electron chi connectivity index (χ1n) is 17.5. The summed E-state index contributed by atoms with van der Waals surface area (Å²) in [6.07, 6.45) is 2.05. The van der Waals surface area contributed by atoms with Crippen LogP contribution in [0.2, 0.25) is 45.3 Å². The Labute approximate surface area is 300 Å². The molecule has 0 bridgehead atoms. The Morgan fingerprint density at radius 1 is 0.720 bits per heavy atom. The number of carbonyl (C=O) groups is 1. The number of esters is 1. The van der Waals surface area contributed by atoms with E-state index in [0.29, 0.717) is 25.5 Å². The molecule has 262 valence electrons. The Kier molecular flexibility index (Phi) is 12.2. The molecular weight excluding hydrogens is 655 g/mol. The highest BCUT2D eigenvalue weighted by Gasteiger charge is 2.28. The molecule has 5 rings (SSSR count). The van der Waals surface area contributed by atoms with Crippen LogP contribution in [-0.4, -0.2) is 39.9 Å². The van der Waals surface area contributed by atoms with Crippen LogP contribution in [0.3, 0.4) is 0 Å². The molecule has 0 radical (unpaired) electrons. The van der Waals surface area contributed by atoms with E-state index in [1.807, 2.05) is 90.5 Å². The number of carbonyl (C=O) groups excluding carboxylic acids is 1. The van der Waals surface area contributed by atoms with Crippen LogP contribution in [0.5, 0.6) is 11.5 Å². The number of aromatic nitrogens is 1. The highest BCUT2D eigenvalue weighted by molar-refractivity contribution is 6.89. The fraction of sp³-hybridized carbons (Fsp3) is 0.310. The molecular formula is C42H51NO5Si2. The van der Waals surface area contributed by atoms with Crippen molar-refractivity contribution < 1.29 is 23.7 Å². The first-order chi connectivity index (χ1) is 23.9. The standard InChI is InChI=1S/C42H51NO5Si2/c1-8-46-42(44)41-40(34-19-22-36(23-20-34)47-29-32-15-11-9-12-16-32)37(28-43(41)31-45-25-26-49(2,3)4)35-21-24-38(39(27-35)50(5,6)7)48-30-33-17-13-10-14-18-33/h9-24,27-28H,8,25-26,29-31H2,1-7H3. The van der Waals surface area contributed by atoms with Crippen molar-refractivity contribution in [2.45, 2.75) is 72.2 Å². The zero-order chi connectivity index (χ0) is 35.7. The molecule has 0 spiro atoms. The largest absolute Gasteiger partial charge is 0.489 e. The SMILES string of the molecule is CCOC(=O)c1c(-c2ccc(OCc3ccccc3)cc2)c(-c2ccc(OCc3ccccc3)c([Si](C)(C)C)c2)cn1COCC[Si](C)(C)C. The van der Waals surface area contributed by atoms with Gasteiger partial charge in [0.05, 0.1) is 14.7 Å². The number of nitrogens with zero attached hydrogens (tertiary/aromatic N) is 1. The molecule has 0 atom stereocenters. The highest BCUT2D eigenvalue weighted by Crippen LogP contribution is 2.39. The van der Waals surface area contributed by atoms with Gasteiger partial charge in [-0.1, -0.05) is 124 Å². The van der Waals surface area contributed by atoms with E-state index >= 15 is 0 Å². The third kappa shape index (κ3) is 9.87. The Morgan fingerprint density at radius 2 is 1.32 bits per heavy atom. The zero-order valence-electron chi connectivity index (χ0n) is 30.6. The average Bonchev–Trinajstić information content (AvgIpc) is 3.48. The molecule has 6 nitrogen and oxygen atoms in total. The molecule has 1 aromatic heterocycles. The van der Waals surface area contributed by atoms with Crippen molar-refractivity contribution in [1.29, 1.82) is 0 Å². The molecule has 5 aromatic rings. The van der Waals surface area contributed by atoms with E-state index in [9.17, 15) is 4.79 Å². The van der Waals surface area contributed by atoms with Gasteiger partial charge in [-0.3, -0.25) is 0 Å². The predicted octanol–water partition coefficient (Wildman–Crippen LogP) is 10.0. The van der Waals surface area contributed by atoms with Crippen molar-refractivity contribution >= 4 is 27.3 Å². The third-order valence-corrected chi connectivity index (χ3v) is 12.2. The van der Waals surface area contributed by atoms with E-state index in [2.05, 4.69) is 69.6 Å². The molecule has 0 fully saturated rings. The van der Waals surface area contributed by atoms with Crippen LogP contribution < -0.4 is 14.7 Å². The lowest BCUT2D eigenvalue weighted by Crippen LogP contribution is -2.38. The second kappa shape index (κ2) is 16.6. The smallest absolute Gasteiger partial charge is 0.355 e. The minimum absolute atomic E-state index is 0.253. The quantitative estimate of drug-likeness (QED) is 0.0581. The molecule has 0 N–H and O–H groups in total. The maximum Gasteiger partial charge on any atom is 0.355 e. The molecule has 0 aliphatic carbocycles. The molecule has 0 aliphatic heterocycles. The van der Waals surface area contributed by atoms with Crippen molar-refractivity contribution in [1.82, 2.24) is 4.57 Å². The Balaban J connectivity index is 1.57. The van der Waals surface area contributed by atoms with Crippen molar-refractivity contribution in [2.24, 2.45) is 0 Å². The van der Waals surface area contributed by atoms with Gasteiger partial charge >= 0.3 is 5.97 Å². The summed E-state index contributed by atoms with van der Waals surface area (Å²) in [5.41, 5.74) is 6.37. The second-order valence-corrected chi connectivity index (χ2v) is 25.5. The van der Waals surface area contributed by atoms with Gasteiger partial charge in [0.1, 0.15) is 37.1 Å². The van der Waals surface area contributed by atoms with Gasteiger partial charge in [-0.2, -0.15) is 0 Å². The van der Waals surface area contributed by atoms with E-state index in [0.717, 1.165) is 50.9 Å². The van der Waals surface area contributed by atoms with E-state index in [4.69, 9.17) is 18.9 Å². The summed E-state index contributed by atoms with van der Waals surface area (Å²) in [6, 6.07) is 35.8. The number of benzene rings is 4. The summed E-state index contributed by atoms with van der Waals surface area (Å²) in [6.45, 7) is 18.0. The van der Waals surface area contributed by atoms with Crippen LogP contribution in [0.15, 0.2) is 109 Å². The number of ether oxygens (including phenoxy) is 4. The van der Waals surface area contributed by atoms with E-state index in [-0.39, 0.29) is 19.3 Å². The topological polar surface area (TPSA) is 58.9 Å². The molecule has 0 saturated carbocycles. The molecule has 0 saturated heterocycles. The summed E-state index contributed by atoms with van der Waals surface area (Å²) >= 11 is 0. The van der Waals surface area contributed by atoms with Crippen molar-refractivity contribution in [3.63, 3.8) is 0 Å². The zero-order valence-corrected chi connectivity index (χ0v) is 32.6. The number of hydrogen-bond donors (Lipinski definition) is 0. The lowest BCUT2D eigenvalue weighted by molar-refractivity contribution is 0.0474. The number of hydrogen-bond acceptors (Lipinski definition) is 5. The fourth-order valence-corrected chi connectivity index (χ4v) is 7.97. The summed E-state index contributed by atoms with van der Waals surface area (Å²) in [5, 5.41) is 1.22. The van der Waals surface area contributed by atoms with Gasteiger partial charge in [-0.05, 0) is 58.6 Å². The van der Waals surface area contributed by atoms with Crippen LogP contribution in [0.1, 0.15) is 28.5 Å². The molecule has 0 unspecified atom stereocenters. The normalized spacial score (nSPS) is 11.7. The van der Waals surface area contributed by atoms with Gasteiger partial charge in [0, 0.05) is 32.0 Å². The van der Waals surface area contributed by atoms with Crippen molar-refractivity contribution in [3.05, 3.63) is 126 Å². The Hall–Kier alpha value is -4.38. The van der Waals surface area contributed by atoms with Gasteiger partial charge in [0.15, 0.2) is 0 Å². The minimum atomic E-state index is -1.87. The lowest BCUT2D eigenvalue weighted by atomic mass is 9.96. The van der Waals surface area contributed by atoms with Crippen molar-refractivity contribution in [3.8, 4) is 33.8 Å². The molecule has 4 aromatic carbocycles. The average molecular weight is 706 g/mol. The van der Waals surface area contributed by atoms with Crippen LogP contribution in [0, 0.1) is 0 Å². The van der Waals surface area contributed by atoms with Gasteiger partial charge in [0.2, 0.25) is 0 Å². The van der Waals surface area contributed by atoms with Gasteiger partial charge in [-0.25, -0.2) is 4.79 Å². The summed E-state index contributed by atoms with van der Waals surface area (Å²) in [7, 11) is -3.16. The second-order valence-electron chi connectivity index (χ2n) is 14.8. The highest BCUT2D eigenvalue weighted by atomic mass is 28.3. The minimum Gasteiger partial charge on any atom is -0.489 e. The maximum atomic E-state index is 13.8. The molecule has 8 heteroatoms. The van der Waals surface area contributed by atoms with Crippen molar-refractivity contribution in [2.75, 3.05) is 13.2 Å². The van der Waals surface area contributed by atoms with E-state index in [1.165, 1.54) is 5.19 Å². The summed E-state index contributed by atoms with van der Waals surface area (Å²) in [5.74, 6) is 1.28. The third-order valence-electron chi connectivity index (χ3n) is 8.50. The van der Waals surface area contributed by atoms with Crippen LogP contribution >= 0.6 is 0 Å². The monoisotopic (exact) mass is 705 g/mol. The van der Waals surface area contributed by atoms with Crippen LogP contribution in [0.4, 0.5) is 0 Å². The first-order valence-corrected chi connectivity index (χ1v) is 24.7. The van der Waals surface area contributed by atoms with E-state index < -0.39 is 16.1 Å². The van der Waals surface area contributed by atoms with Crippen LogP contribution in [-0.2, 0) is 29.4 Å². The lowest BCUT2D eigenvalue weighted by Gasteiger charge is -2.22. The molecule has 0 aliphatic rings. The maximum absolute atomic E-state index is 13.8. The Bertz CT molecular complexity index is 1840.